The zero-order chi connectivity index (χ0) is 12.5. The predicted molar refractivity (Wildman–Crippen MR) is 72.9 cm³/mol. The van der Waals surface area contributed by atoms with E-state index in [9.17, 15) is 0 Å². The van der Waals surface area contributed by atoms with Gasteiger partial charge in [-0.15, -0.1) is 0 Å². The maximum absolute atomic E-state index is 5.86. The Kier molecular flexibility index (Phi) is 2.76. The number of halogens is 1. The molecule has 3 rings (SSSR count). The lowest BCUT2D eigenvalue weighted by Gasteiger charge is -1.97. The third-order valence-corrected chi connectivity index (χ3v) is 3.07. The first-order valence-corrected chi connectivity index (χ1v) is 6.15. The van der Waals surface area contributed by atoms with E-state index in [-0.39, 0.29) is 0 Å². The summed E-state index contributed by atoms with van der Waals surface area (Å²) in [5.74, 6) is 0.922. The standard InChI is InChI=1S/C14H12ClN3/c1-9-2-7-12-14(16-9)18-13(17-12)8-10-3-5-11(15)6-4-10/h2-7H,8H2,1H3,(H,16,17,18). The van der Waals surface area contributed by atoms with Crippen molar-refractivity contribution in [1.82, 2.24) is 15.0 Å². The smallest absolute Gasteiger partial charge is 0.177 e. The fourth-order valence-corrected chi connectivity index (χ4v) is 2.04. The van der Waals surface area contributed by atoms with Crippen LogP contribution in [-0.2, 0) is 6.42 Å². The minimum absolute atomic E-state index is 0.751. The molecule has 2 aromatic heterocycles. The van der Waals surface area contributed by atoms with E-state index in [1.54, 1.807) is 0 Å². The molecule has 0 saturated heterocycles. The fourth-order valence-electron chi connectivity index (χ4n) is 1.92. The third kappa shape index (κ3) is 2.22. The first-order chi connectivity index (χ1) is 8.70. The van der Waals surface area contributed by atoms with Crippen LogP contribution < -0.4 is 0 Å². The maximum atomic E-state index is 5.86. The van der Waals surface area contributed by atoms with Crippen molar-refractivity contribution in [2.45, 2.75) is 13.3 Å². The van der Waals surface area contributed by atoms with Crippen molar-refractivity contribution < 1.29 is 0 Å². The van der Waals surface area contributed by atoms with Gasteiger partial charge < -0.3 is 4.98 Å². The number of hydrogen-bond acceptors (Lipinski definition) is 2. The van der Waals surface area contributed by atoms with Crippen LogP contribution in [0.15, 0.2) is 36.4 Å². The first kappa shape index (κ1) is 11.2. The van der Waals surface area contributed by atoms with E-state index in [0.29, 0.717) is 0 Å². The number of pyridine rings is 1. The summed E-state index contributed by atoms with van der Waals surface area (Å²) in [5.41, 5.74) is 3.91. The number of fused-ring (bicyclic) bond motifs is 1. The van der Waals surface area contributed by atoms with Crippen molar-refractivity contribution in [3.8, 4) is 0 Å². The number of benzene rings is 1. The normalized spacial score (nSPS) is 11.0. The zero-order valence-electron chi connectivity index (χ0n) is 9.94. The maximum Gasteiger partial charge on any atom is 0.177 e. The summed E-state index contributed by atoms with van der Waals surface area (Å²) in [6.45, 7) is 1.97. The molecule has 0 saturated carbocycles. The van der Waals surface area contributed by atoms with Crippen molar-refractivity contribution in [1.29, 1.82) is 0 Å². The molecule has 0 bridgehead atoms. The molecule has 4 heteroatoms. The van der Waals surface area contributed by atoms with Gasteiger partial charge in [0.2, 0.25) is 0 Å². The number of rotatable bonds is 2. The van der Waals surface area contributed by atoms with Gasteiger partial charge in [-0.25, -0.2) is 9.97 Å². The van der Waals surface area contributed by atoms with Crippen molar-refractivity contribution in [3.05, 3.63) is 58.5 Å². The lowest BCUT2D eigenvalue weighted by molar-refractivity contribution is 1.03. The van der Waals surface area contributed by atoms with E-state index >= 15 is 0 Å². The monoisotopic (exact) mass is 257 g/mol. The van der Waals surface area contributed by atoms with Gasteiger partial charge in [0.15, 0.2) is 5.65 Å². The van der Waals surface area contributed by atoms with E-state index < -0.39 is 0 Å². The van der Waals surface area contributed by atoms with E-state index in [1.165, 1.54) is 5.56 Å². The summed E-state index contributed by atoms with van der Waals surface area (Å²) in [4.78, 5) is 12.2. The van der Waals surface area contributed by atoms with Crippen LogP contribution in [0.2, 0.25) is 5.02 Å². The molecule has 0 amide bonds. The highest BCUT2D eigenvalue weighted by Gasteiger charge is 2.05. The minimum atomic E-state index is 0.751. The number of aromatic nitrogens is 3. The Balaban J connectivity index is 1.92. The van der Waals surface area contributed by atoms with Crippen molar-refractivity contribution >= 4 is 22.8 Å². The Morgan fingerprint density at radius 1 is 1.06 bits per heavy atom. The molecule has 1 N–H and O–H groups in total. The highest BCUT2D eigenvalue weighted by Crippen LogP contribution is 2.15. The van der Waals surface area contributed by atoms with E-state index in [0.717, 1.165) is 34.1 Å². The van der Waals surface area contributed by atoms with Gasteiger partial charge in [0.05, 0.1) is 5.52 Å². The number of aryl methyl sites for hydroxylation is 1. The Bertz CT molecular complexity index is 686. The molecule has 0 fully saturated rings. The van der Waals surface area contributed by atoms with Crippen LogP contribution in [-0.4, -0.2) is 15.0 Å². The summed E-state index contributed by atoms with van der Waals surface area (Å²) in [5, 5.41) is 0.751. The van der Waals surface area contributed by atoms with Crippen LogP contribution in [0.25, 0.3) is 11.2 Å². The van der Waals surface area contributed by atoms with E-state index in [4.69, 9.17) is 11.6 Å². The van der Waals surface area contributed by atoms with Crippen LogP contribution >= 0.6 is 11.6 Å². The minimum Gasteiger partial charge on any atom is -0.340 e. The van der Waals surface area contributed by atoms with E-state index in [1.807, 2.05) is 43.3 Å². The quantitative estimate of drug-likeness (QED) is 0.763. The molecule has 0 radical (unpaired) electrons. The van der Waals surface area contributed by atoms with Crippen LogP contribution in [0.5, 0.6) is 0 Å². The second-order valence-corrected chi connectivity index (χ2v) is 4.75. The Labute approximate surface area is 110 Å². The summed E-state index contributed by atoms with van der Waals surface area (Å²) in [6.07, 6.45) is 0.757. The van der Waals surface area contributed by atoms with Crippen LogP contribution in [0, 0.1) is 6.92 Å². The van der Waals surface area contributed by atoms with Gasteiger partial charge in [-0.05, 0) is 36.8 Å². The second kappa shape index (κ2) is 4.42. The molecule has 0 aliphatic rings. The average molecular weight is 258 g/mol. The molecule has 0 aliphatic heterocycles. The Hall–Kier alpha value is -1.87. The van der Waals surface area contributed by atoms with Crippen molar-refractivity contribution in [2.24, 2.45) is 0 Å². The number of nitrogens with one attached hydrogen (secondary N) is 1. The number of aromatic amines is 1. The summed E-state index contributed by atoms with van der Waals surface area (Å²) in [7, 11) is 0. The third-order valence-electron chi connectivity index (χ3n) is 2.82. The number of hydrogen-bond donors (Lipinski definition) is 1. The Morgan fingerprint density at radius 2 is 1.83 bits per heavy atom. The van der Waals surface area contributed by atoms with Gasteiger partial charge in [-0.3, -0.25) is 0 Å². The molecule has 1 aromatic carbocycles. The molecule has 0 spiro atoms. The molecule has 0 unspecified atom stereocenters. The van der Waals surface area contributed by atoms with E-state index in [2.05, 4.69) is 15.0 Å². The van der Waals surface area contributed by atoms with Gasteiger partial charge in [0.25, 0.3) is 0 Å². The van der Waals surface area contributed by atoms with Gasteiger partial charge in [0.1, 0.15) is 5.82 Å². The first-order valence-electron chi connectivity index (χ1n) is 5.77. The molecular formula is C14H12ClN3. The molecule has 3 nitrogen and oxygen atoms in total. The molecule has 2 heterocycles. The summed E-state index contributed by atoms with van der Waals surface area (Å²) < 4.78 is 0. The van der Waals surface area contributed by atoms with Crippen LogP contribution in [0.4, 0.5) is 0 Å². The number of nitrogens with zero attached hydrogens (tertiary/aromatic N) is 2. The number of H-pyrrole nitrogens is 1. The second-order valence-electron chi connectivity index (χ2n) is 4.31. The Morgan fingerprint density at radius 3 is 2.61 bits per heavy atom. The molecule has 0 atom stereocenters. The average Bonchev–Trinajstić information content (AvgIpc) is 2.73. The lowest BCUT2D eigenvalue weighted by atomic mass is 10.1. The molecule has 18 heavy (non-hydrogen) atoms. The lowest BCUT2D eigenvalue weighted by Crippen LogP contribution is -1.90. The highest BCUT2D eigenvalue weighted by atomic mass is 35.5. The fraction of sp³-hybridized carbons (Fsp3) is 0.143. The van der Waals surface area contributed by atoms with Gasteiger partial charge in [-0.1, -0.05) is 23.7 Å². The van der Waals surface area contributed by atoms with Crippen LogP contribution in [0.1, 0.15) is 17.1 Å². The van der Waals surface area contributed by atoms with Crippen molar-refractivity contribution in [2.75, 3.05) is 0 Å². The molecular weight excluding hydrogens is 246 g/mol. The largest absolute Gasteiger partial charge is 0.340 e. The predicted octanol–water partition coefficient (Wildman–Crippen LogP) is 3.51. The molecule has 90 valence electrons. The van der Waals surface area contributed by atoms with Crippen molar-refractivity contribution in [3.63, 3.8) is 0 Å². The van der Waals surface area contributed by atoms with Gasteiger partial charge >= 0.3 is 0 Å². The SMILES string of the molecule is Cc1ccc2[nH]c(Cc3ccc(Cl)cc3)nc2n1. The molecule has 3 aromatic rings. The van der Waals surface area contributed by atoms with Crippen LogP contribution in [0.3, 0.4) is 0 Å². The highest BCUT2D eigenvalue weighted by molar-refractivity contribution is 6.30. The van der Waals surface area contributed by atoms with Gasteiger partial charge in [-0.2, -0.15) is 0 Å². The van der Waals surface area contributed by atoms with Gasteiger partial charge in [0, 0.05) is 17.1 Å². The summed E-state index contributed by atoms with van der Waals surface area (Å²) in [6, 6.07) is 11.8. The summed E-state index contributed by atoms with van der Waals surface area (Å²) >= 11 is 5.86. The number of imidazole rings is 1. The topological polar surface area (TPSA) is 41.6 Å². The molecule has 0 aliphatic carbocycles. The zero-order valence-corrected chi connectivity index (χ0v) is 10.7.